The van der Waals surface area contributed by atoms with Crippen LogP contribution in [0.15, 0.2) is 97.2 Å². The Labute approximate surface area is 230 Å². The van der Waals surface area contributed by atoms with Crippen molar-refractivity contribution in [2.45, 2.75) is 19.8 Å². The molecule has 1 N–H and O–H groups in total. The number of hydrogen-bond donors (Lipinski definition) is 1. The van der Waals surface area contributed by atoms with Crippen molar-refractivity contribution in [1.29, 1.82) is 0 Å². The van der Waals surface area contributed by atoms with E-state index in [0.29, 0.717) is 12.1 Å². The van der Waals surface area contributed by atoms with Gasteiger partial charge in [-0.3, -0.25) is 9.78 Å². The van der Waals surface area contributed by atoms with Gasteiger partial charge in [-0.15, -0.1) is 0 Å². The maximum absolute atomic E-state index is 12.9. The molecule has 0 saturated carbocycles. The Kier molecular flexibility index (Phi) is 8.09. The number of pyridine rings is 2. The second-order valence-corrected chi connectivity index (χ2v) is 10.0. The molecule has 0 unspecified atom stereocenters. The van der Waals surface area contributed by atoms with E-state index >= 15 is 0 Å². The van der Waals surface area contributed by atoms with Crippen molar-refractivity contribution in [3.8, 4) is 33.6 Å². The largest absolute Gasteiger partial charge is 0.352 e. The van der Waals surface area contributed by atoms with E-state index in [-0.39, 0.29) is 5.91 Å². The molecule has 0 aliphatic rings. The highest BCUT2D eigenvalue weighted by Crippen LogP contribution is 2.36. The van der Waals surface area contributed by atoms with E-state index in [1.807, 2.05) is 62.6 Å². The van der Waals surface area contributed by atoms with Gasteiger partial charge in [0.1, 0.15) is 0 Å². The number of rotatable bonds is 9. The average molecular weight is 515 g/mol. The average Bonchev–Trinajstić information content (AvgIpc) is 2.98. The van der Waals surface area contributed by atoms with Crippen LogP contribution in [0.2, 0.25) is 0 Å². The topological polar surface area (TPSA) is 58.1 Å². The van der Waals surface area contributed by atoms with Crippen LogP contribution in [0.5, 0.6) is 0 Å². The van der Waals surface area contributed by atoms with Crippen molar-refractivity contribution in [3.63, 3.8) is 0 Å². The second kappa shape index (κ2) is 12.0. The zero-order valence-corrected chi connectivity index (χ0v) is 22.8. The zero-order chi connectivity index (χ0) is 27.2. The van der Waals surface area contributed by atoms with Crippen molar-refractivity contribution >= 4 is 16.8 Å². The molecule has 0 aliphatic carbocycles. The summed E-state index contributed by atoms with van der Waals surface area (Å²) in [7, 11) is 4.07. The maximum atomic E-state index is 12.9. The molecule has 3 aromatic carbocycles. The summed E-state index contributed by atoms with van der Waals surface area (Å²) in [5.41, 5.74) is 8.67. The fourth-order valence-corrected chi connectivity index (χ4v) is 4.79. The van der Waals surface area contributed by atoms with Crippen LogP contribution in [-0.4, -0.2) is 48.0 Å². The number of amides is 1. The van der Waals surface area contributed by atoms with Crippen molar-refractivity contribution in [2.24, 2.45) is 0 Å². The molecule has 5 aromatic rings. The van der Waals surface area contributed by atoms with Crippen LogP contribution in [0.3, 0.4) is 0 Å². The van der Waals surface area contributed by atoms with Gasteiger partial charge in [0.2, 0.25) is 0 Å². The third kappa shape index (κ3) is 6.05. The van der Waals surface area contributed by atoms with Gasteiger partial charge >= 0.3 is 0 Å². The first-order valence-electron chi connectivity index (χ1n) is 13.5. The van der Waals surface area contributed by atoms with Crippen LogP contribution in [0, 0.1) is 0 Å². The van der Waals surface area contributed by atoms with Crippen molar-refractivity contribution in [3.05, 3.63) is 108 Å². The summed E-state index contributed by atoms with van der Waals surface area (Å²) in [6.07, 6.45) is 3.70. The van der Waals surface area contributed by atoms with Gasteiger partial charge in [-0.25, -0.2) is 4.98 Å². The Morgan fingerprint density at radius 3 is 2.33 bits per heavy atom. The summed E-state index contributed by atoms with van der Waals surface area (Å²) in [5.74, 6) is -0.0724. The number of carbonyl (C=O) groups excluding carboxylic acids is 1. The van der Waals surface area contributed by atoms with Crippen LogP contribution >= 0.6 is 0 Å². The molecule has 5 rings (SSSR count). The quantitative estimate of drug-likeness (QED) is 0.218. The minimum atomic E-state index is -0.0724. The van der Waals surface area contributed by atoms with Crippen molar-refractivity contribution in [2.75, 3.05) is 27.2 Å². The van der Waals surface area contributed by atoms with E-state index in [4.69, 9.17) is 9.97 Å². The van der Waals surface area contributed by atoms with E-state index in [1.165, 1.54) is 5.56 Å². The number of benzene rings is 3. The Morgan fingerprint density at radius 1 is 0.821 bits per heavy atom. The molecule has 196 valence electrons. The van der Waals surface area contributed by atoms with E-state index < -0.39 is 0 Å². The number of aromatic nitrogens is 2. The van der Waals surface area contributed by atoms with Gasteiger partial charge in [0.15, 0.2) is 0 Å². The molecule has 39 heavy (non-hydrogen) atoms. The molecule has 2 heterocycles. The molecule has 0 saturated heterocycles. The van der Waals surface area contributed by atoms with Crippen LogP contribution in [0.1, 0.15) is 29.3 Å². The van der Waals surface area contributed by atoms with E-state index in [9.17, 15) is 4.79 Å². The summed E-state index contributed by atoms with van der Waals surface area (Å²) in [6.45, 7) is 3.74. The Balaban J connectivity index is 1.57. The first kappa shape index (κ1) is 26.3. The van der Waals surface area contributed by atoms with Crippen LogP contribution < -0.4 is 5.32 Å². The van der Waals surface area contributed by atoms with Crippen molar-refractivity contribution in [1.82, 2.24) is 20.2 Å². The lowest BCUT2D eigenvalue weighted by Crippen LogP contribution is -2.27. The van der Waals surface area contributed by atoms with E-state index in [0.717, 1.165) is 63.9 Å². The minimum absolute atomic E-state index is 0.0724. The number of hydrogen-bond acceptors (Lipinski definition) is 4. The third-order valence-corrected chi connectivity index (χ3v) is 6.93. The number of fused-ring (bicyclic) bond motifs is 1. The van der Waals surface area contributed by atoms with Gasteiger partial charge in [0, 0.05) is 40.4 Å². The van der Waals surface area contributed by atoms with E-state index in [1.54, 1.807) is 6.20 Å². The summed E-state index contributed by atoms with van der Waals surface area (Å²) in [5, 5.41) is 3.99. The smallest absolute Gasteiger partial charge is 0.251 e. The molecule has 0 radical (unpaired) electrons. The summed E-state index contributed by atoms with van der Waals surface area (Å²) >= 11 is 0. The fraction of sp³-hybridized carbons (Fsp3) is 0.206. The molecule has 0 atom stereocenters. The van der Waals surface area contributed by atoms with Gasteiger partial charge in [-0.1, -0.05) is 73.7 Å². The molecule has 0 aliphatic heterocycles. The van der Waals surface area contributed by atoms with Gasteiger partial charge in [-0.2, -0.15) is 0 Å². The standard InChI is InChI=1S/C34H34N4O/c1-4-24-14-16-26(17-15-24)33-29(25-10-6-5-7-11-25)23-30-31(37-33)18-20-35-32(30)27-12-8-13-28(22-27)34(39)36-19-9-21-38(2)3/h5-8,10-18,20,22-23H,4,9,19,21H2,1-3H3,(H,36,39). The predicted molar refractivity (Wildman–Crippen MR) is 161 cm³/mol. The normalized spacial score (nSPS) is 11.2. The highest BCUT2D eigenvalue weighted by Gasteiger charge is 2.16. The first-order valence-corrected chi connectivity index (χ1v) is 13.5. The maximum Gasteiger partial charge on any atom is 0.251 e. The summed E-state index contributed by atoms with van der Waals surface area (Å²) in [4.78, 5) is 24.9. The summed E-state index contributed by atoms with van der Waals surface area (Å²) < 4.78 is 0. The zero-order valence-electron chi connectivity index (χ0n) is 22.8. The molecule has 5 heteroatoms. The molecule has 0 bridgehead atoms. The highest BCUT2D eigenvalue weighted by atomic mass is 16.1. The lowest BCUT2D eigenvalue weighted by atomic mass is 9.95. The first-order chi connectivity index (χ1) is 19.0. The lowest BCUT2D eigenvalue weighted by molar-refractivity contribution is 0.0952. The highest BCUT2D eigenvalue weighted by molar-refractivity contribution is 6.00. The number of nitrogens with one attached hydrogen (secondary N) is 1. The van der Waals surface area contributed by atoms with Gasteiger partial charge < -0.3 is 10.2 Å². The minimum Gasteiger partial charge on any atom is -0.352 e. The second-order valence-electron chi connectivity index (χ2n) is 10.0. The van der Waals surface area contributed by atoms with Gasteiger partial charge in [0.05, 0.1) is 16.9 Å². The number of nitrogens with zero attached hydrogens (tertiary/aromatic N) is 3. The third-order valence-electron chi connectivity index (χ3n) is 6.93. The summed E-state index contributed by atoms with van der Waals surface area (Å²) in [6, 6.07) is 30.8. The molecular weight excluding hydrogens is 480 g/mol. The van der Waals surface area contributed by atoms with Gasteiger partial charge in [-0.05, 0) is 68.9 Å². The fourth-order valence-electron chi connectivity index (χ4n) is 4.79. The van der Waals surface area contributed by atoms with Crippen LogP contribution in [0.25, 0.3) is 44.5 Å². The Bertz CT molecular complexity index is 1580. The molecule has 1 amide bonds. The van der Waals surface area contributed by atoms with Crippen LogP contribution in [0.4, 0.5) is 0 Å². The lowest BCUT2D eigenvalue weighted by Gasteiger charge is -2.14. The number of carbonyl (C=O) groups is 1. The van der Waals surface area contributed by atoms with Crippen molar-refractivity contribution < 1.29 is 4.79 Å². The predicted octanol–water partition coefficient (Wildman–Crippen LogP) is 6.87. The monoisotopic (exact) mass is 514 g/mol. The Morgan fingerprint density at radius 2 is 1.59 bits per heavy atom. The molecule has 0 fully saturated rings. The van der Waals surface area contributed by atoms with Gasteiger partial charge in [0.25, 0.3) is 5.91 Å². The SMILES string of the molecule is CCc1ccc(-c2nc3ccnc(-c4cccc(C(=O)NCCCN(C)C)c4)c3cc2-c2ccccc2)cc1. The molecule has 2 aromatic heterocycles. The number of aryl methyl sites for hydroxylation is 1. The van der Waals surface area contributed by atoms with E-state index in [2.05, 4.69) is 59.6 Å². The van der Waals surface area contributed by atoms with Crippen LogP contribution in [-0.2, 0) is 6.42 Å². The molecule has 5 nitrogen and oxygen atoms in total. The Hall–Kier alpha value is -4.35. The molecular formula is C34H34N4O. The molecule has 0 spiro atoms.